The van der Waals surface area contributed by atoms with E-state index in [9.17, 15) is 24.0 Å². The minimum Gasteiger partial charge on any atom is -0.387 e. The molecule has 0 spiro atoms. The van der Waals surface area contributed by atoms with Crippen LogP contribution >= 0.6 is 7.82 Å². The molecular formula is C12H18FN5O8P+. The Hall–Kier alpha value is -1.93. The molecule has 1 aliphatic heterocycles. The lowest BCUT2D eigenvalue weighted by Crippen LogP contribution is -2.46. The predicted octanol–water partition coefficient (Wildman–Crippen LogP) is -2.71. The van der Waals surface area contributed by atoms with Gasteiger partial charge in [0.15, 0.2) is 6.33 Å². The number of imidazole rings is 1. The summed E-state index contributed by atoms with van der Waals surface area (Å²) in [5.74, 6) is -0.228. The zero-order chi connectivity index (χ0) is 19.9. The standard InChI is InChI=1S/C12H17FN5O8P/c13-1-2-17-4-18(9-6(17)10(21)16-12(14)15-9)11-8(20)7(19)5(26-11)3-25-27(22,23)24/h4-5,7-8,11,19-20H,1-3H2,(H4-,14,15,16,21,22,23,24)/p+1/t5-,7?,8+,11-/m1/s1. The van der Waals surface area contributed by atoms with Gasteiger partial charge in [0.1, 0.15) is 25.0 Å². The number of aromatic nitrogens is 4. The fraction of sp³-hybridized carbons (Fsp3) is 0.583. The molecule has 3 rings (SSSR count). The molecule has 1 saturated heterocycles. The number of nitrogen functional groups attached to an aromatic ring is 1. The van der Waals surface area contributed by atoms with E-state index in [2.05, 4.69) is 14.5 Å². The molecule has 0 aliphatic carbocycles. The predicted molar refractivity (Wildman–Crippen MR) is 84.9 cm³/mol. The Morgan fingerprint density at radius 2 is 2.15 bits per heavy atom. The maximum Gasteiger partial charge on any atom is 0.469 e. The van der Waals surface area contributed by atoms with E-state index in [0.29, 0.717) is 0 Å². The van der Waals surface area contributed by atoms with Gasteiger partial charge in [0.05, 0.1) is 13.2 Å². The molecule has 15 heteroatoms. The molecule has 3 heterocycles. The number of rotatable bonds is 6. The highest BCUT2D eigenvalue weighted by Gasteiger charge is 2.47. The number of ether oxygens (including phenoxy) is 1. The number of halogens is 1. The Morgan fingerprint density at radius 3 is 2.78 bits per heavy atom. The third-order valence-corrected chi connectivity index (χ3v) is 4.52. The van der Waals surface area contributed by atoms with Gasteiger partial charge >= 0.3 is 13.5 Å². The first-order valence-electron chi connectivity index (χ1n) is 7.70. The van der Waals surface area contributed by atoms with Crippen molar-refractivity contribution in [3.8, 4) is 0 Å². The van der Waals surface area contributed by atoms with Crippen LogP contribution in [-0.2, 0) is 20.4 Å². The van der Waals surface area contributed by atoms with Crippen molar-refractivity contribution in [1.82, 2.24) is 14.5 Å². The number of aryl methyl sites for hydroxylation is 1. The van der Waals surface area contributed by atoms with Crippen molar-refractivity contribution in [2.45, 2.75) is 31.1 Å². The van der Waals surface area contributed by atoms with Crippen LogP contribution in [0, 0.1) is 0 Å². The van der Waals surface area contributed by atoms with Crippen LogP contribution in [0.4, 0.5) is 10.3 Å². The normalized spacial score (nSPS) is 26.1. The number of fused-ring (bicyclic) bond motifs is 1. The number of H-pyrrole nitrogens is 1. The number of phosphoric ester groups is 1. The number of alkyl halides is 1. The summed E-state index contributed by atoms with van der Waals surface area (Å²) in [7, 11) is -4.81. The zero-order valence-electron chi connectivity index (χ0n) is 13.7. The van der Waals surface area contributed by atoms with Gasteiger partial charge in [-0.3, -0.25) is 18.9 Å². The van der Waals surface area contributed by atoms with E-state index < -0.39 is 51.2 Å². The lowest BCUT2D eigenvalue weighted by Gasteiger charge is -2.14. The second kappa shape index (κ2) is 7.24. The lowest BCUT2D eigenvalue weighted by molar-refractivity contribution is -0.746. The van der Waals surface area contributed by atoms with Crippen LogP contribution in [0.1, 0.15) is 6.23 Å². The number of nitrogens with one attached hydrogen (secondary N) is 1. The average Bonchev–Trinajstić information content (AvgIpc) is 3.04. The first-order chi connectivity index (χ1) is 12.6. The van der Waals surface area contributed by atoms with Gasteiger partial charge in [-0.1, -0.05) is 4.98 Å². The van der Waals surface area contributed by atoms with Crippen molar-refractivity contribution in [1.29, 1.82) is 0 Å². The molecule has 1 unspecified atom stereocenters. The maximum absolute atomic E-state index is 12.8. The molecule has 2 aromatic heterocycles. The molecular weight excluding hydrogens is 392 g/mol. The van der Waals surface area contributed by atoms with Crippen molar-refractivity contribution in [3.05, 3.63) is 16.7 Å². The molecule has 0 saturated carbocycles. The minimum atomic E-state index is -4.81. The van der Waals surface area contributed by atoms with E-state index in [-0.39, 0.29) is 23.7 Å². The average molecular weight is 410 g/mol. The van der Waals surface area contributed by atoms with Crippen molar-refractivity contribution in [2.24, 2.45) is 0 Å². The van der Waals surface area contributed by atoms with Crippen LogP contribution in [-0.4, -0.2) is 66.1 Å². The zero-order valence-corrected chi connectivity index (χ0v) is 14.6. The molecule has 1 fully saturated rings. The fourth-order valence-electron chi connectivity index (χ4n) is 2.89. The summed E-state index contributed by atoms with van der Waals surface area (Å²) in [4.78, 5) is 35.9. The van der Waals surface area contributed by atoms with Gasteiger partial charge in [0, 0.05) is 0 Å². The number of anilines is 1. The highest BCUT2D eigenvalue weighted by Crippen LogP contribution is 2.37. The highest BCUT2D eigenvalue weighted by atomic mass is 31.2. The van der Waals surface area contributed by atoms with Crippen molar-refractivity contribution in [2.75, 3.05) is 19.0 Å². The van der Waals surface area contributed by atoms with E-state index in [1.165, 1.54) is 15.5 Å². The summed E-state index contributed by atoms with van der Waals surface area (Å²) >= 11 is 0. The second-order valence-corrected chi connectivity index (χ2v) is 7.10. The number of phosphoric acid groups is 1. The van der Waals surface area contributed by atoms with Crippen LogP contribution in [0.15, 0.2) is 11.1 Å². The molecule has 27 heavy (non-hydrogen) atoms. The molecule has 0 aromatic carbocycles. The van der Waals surface area contributed by atoms with Crippen LogP contribution < -0.4 is 15.9 Å². The quantitative estimate of drug-likeness (QED) is 0.215. The first-order valence-corrected chi connectivity index (χ1v) is 9.23. The van der Waals surface area contributed by atoms with E-state index in [0.717, 1.165) is 0 Å². The molecule has 1 aliphatic rings. The maximum atomic E-state index is 12.8. The monoisotopic (exact) mass is 410 g/mol. The van der Waals surface area contributed by atoms with E-state index in [1.54, 1.807) is 0 Å². The summed E-state index contributed by atoms with van der Waals surface area (Å²) in [6.45, 7) is -1.67. The Labute approximate surface area is 150 Å². The largest absolute Gasteiger partial charge is 0.469 e. The molecule has 7 N–H and O–H groups in total. The molecule has 0 bridgehead atoms. The van der Waals surface area contributed by atoms with Gasteiger partial charge in [-0.15, -0.1) is 0 Å². The number of aromatic amines is 1. The highest BCUT2D eigenvalue weighted by molar-refractivity contribution is 7.46. The third-order valence-electron chi connectivity index (χ3n) is 4.03. The summed E-state index contributed by atoms with van der Waals surface area (Å²) in [5.41, 5.74) is 4.84. The minimum absolute atomic E-state index is 0.0259. The third kappa shape index (κ3) is 3.87. The number of nitrogens with zero attached hydrogens (tertiary/aromatic N) is 3. The summed E-state index contributed by atoms with van der Waals surface area (Å²) in [6, 6.07) is 0. The molecule has 13 nitrogen and oxygen atoms in total. The van der Waals surface area contributed by atoms with Gasteiger partial charge < -0.3 is 30.5 Å². The Balaban J connectivity index is 1.99. The van der Waals surface area contributed by atoms with Crippen LogP contribution in [0.5, 0.6) is 0 Å². The molecule has 0 radical (unpaired) electrons. The molecule has 0 amide bonds. The Kier molecular flexibility index (Phi) is 5.31. The summed E-state index contributed by atoms with van der Waals surface area (Å²) in [6.07, 6.45) is -4.40. The molecule has 2 aromatic rings. The smallest absolute Gasteiger partial charge is 0.387 e. The Morgan fingerprint density at radius 1 is 1.44 bits per heavy atom. The van der Waals surface area contributed by atoms with Crippen LogP contribution in [0.3, 0.4) is 0 Å². The van der Waals surface area contributed by atoms with Gasteiger partial charge in [-0.05, 0) is 0 Å². The van der Waals surface area contributed by atoms with E-state index in [4.69, 9.17) is 20.3 Å². The number of aliphatic hydroxyl groups excluding tert-OH is 2. The van der Waals surface area contributed by atoms with Crippen molar-refractivity contribution >= 4 is 24.9 Å². The summed E-state index contributed by atoms with van der Waals surface area (Å²) < 4.78 is 35.8. The van der Waals surface area contributed by atoms with Crippen molar-refractivity contribution < 1.29 is 42.8 Å². The van der Waals surface area contributed by atoms with Crippen LogP contribution in [0.25, 0.3) is 11.2 Å². The first kappa shape index (κ1) is 19.8. The van der Waals surface area contributed by atoms with Crippen LogP contribution in [0.2, 0.25) is 0 Å². The summed E-state index contributed by atoms with van der Waals surface area (Å²) in [5, 5.41) is 20.4. The Bertz CT molecular complexity index is 944. The second-order valence-electron chi connectivity index (χ2n) is 5.86. The topological polar surface area (TPSA) is 197 Å². The number of hydrogen-bond donors (Lipinski definition) is 6. The van der Waals surface area contributed by atoms with E-state index in [1.807, 2.05) is 0 Å². The van der Waals surface area contributed by atoms with Gasteiger partial charge in [0.25, 0.3) is 11.5 Å². The SMILES string of the molecule is Nc1nc2c(c(=O)[nH]1)n(CCF)c[n+]2[C@@H]1O[C@H](COP(=O)(O)O)C(O)[C@@H]1O. The number of nitrogens with two attached hydrogens (primary N) is 1. The van der Waals surface area contributed by atoms with Crippen molar-refractivity contribution in [3.63, 3.8) is 0 Å². The molecule has 4 atom stereocenters. The number of aliphatic hydroxyl groups is 2. The molecule has 150 valence electrons. The van der Waals surface area contributed by atoms with Gasteiger partial charge in [0.2, 0.25) is 11.7 Å². The number of hydrogen-bond acceptors (Lipinski definition) is 8. The van der Waals surface area contributed by atoms with Gasteiger partial charge in [-0.25, -0.2) is 13.5 Å². The lowest BCUT2D eigenvalue weighted by atomic mass is 10.1. The van der Waals surface area contributed by atoms with E-state index >= 15 is 0 Å². The fourth-order valence-corrected chi connectivity index (χ4v) is 3.23. The van der Waals surface area contributed by atoms with Gasteiger partial charge in [-0.2, -0.15) is 0 Å².